The molecule has 2 unspecified atom stereocenters. The number of ether oxygens (including phenoxy) is 3. The molecule has 170 valence electrons. The Balaban J connectivity index is 1.81. The van der Waals surface area contributed by atoms with Crippen molar-refractivity contribution in [3.63, 3.8) is 0 Å². The largest absolute Gasteiger partial charge is 0.507 e. The van der Waals surface area contributed by atoms with Crippen molar-refractivity contribution in [1.82, 2.24) is 0 Å². The summed E-state index contributed by atoms with van der Waals surface area (Å²) in [6, 6.07) is 11.2. The SMILES string of the molecule is COc1c(O[C@@H]2OC(CO)[C@@H](O)[C@H](O)C2O)cc(O)c2c(=O)cc(-c3ccccc3)oc12. The first-order valence-corrected chi connectivity index (χ1v) is 9.76. The van der Waals surface area contributed by atoms with Crippen LogP contribution in [0.1, 0.15) is 0 Å². The summed E-state index contributed by atoms with van der Waals surface area (Å²) in [4.78, 5) is 12.7. The Labute approximate surface area is 181 Å². The summed E-state index contributed by atoms with van der Waals surface area (Å²) >= 11 is 0. The Morgan fingerprint density at radius 3 is 2.41 bits per heavy atom. The van der Waals surface area contributed by atoms with Crippen molar-refractivity contribution in [3.05, 3.63) is 52.7 Å². The van der Waals surface area contributed by atoms with Crippen LogP contribution in [0.25, 0.3) is 22.3 Å². The Bertz CT molecular complexity index is 1160. The minimum atomic E-state index is -1.68. The van der Waals surface area contributed by atoms with Gasteiger partial charge in [0.15, 0.2) is 16.8 Å². The van der Waals surface area contributed by atoms with Crippen molar-refractivity contribution in [1.29, 1.82) is 0 Å². The van der Waals surface area contributed by atoms with Crippen LogP contribution >= 0.6 is 0 Å². The van der Waals surface area contributed by atoms with Gasteiger partial charge in [0.25, 0.3) is 0 Å². The second-order valence-corrected chi connectivity index (χ2v) is 7.29. The van der Waals surface area contributed by atoms with Crippen molar-refractivity contribution in [2.24, 2.45) is 0 Å². The highest BCUT2D eigenvalue weighted by Gasteiger charge is 2.45. The van der Waals surface area contributed by atoms with Gasteiger partial charge >= 0.3 is 0 Å². The Morgan fingerprint density at radius 2 is 1.75 bits per heavy atom. The number of benzene rings is 2. The molecule has 5 N–H and O–H groups in total. The number of rotatable bonds is 5. The third-order valence-corrected chi connectivity index (χ3v) is 5.26. The molecule has 1 aliphatic heterocycles. The zero-order valence-corrected chi connectivity index (χ0v) is 16.9. The molecule has 0 saturated carbocycles. The fourth-order valence-corrected chi connectivity index (χ4v) is 3.59. The molecule has 1 aliphatic rings. The van der Waals surface area contributed by atoms with Crippen LogP contribution in [0.2, 0.25) is 0 Å². The minimum absolute atomic E-state index is 0.0651. The monoisotopic (exact) mass is 446 g/mol. The molecule has 2 aromatic carbocycles. The Hall–Kier alpha value is -3.15. The first kappa shape index (κ1) is 22.1. The molecular weight excluding hydrogens is 424 g/mol. The van der Waals surface area contributed by atoms with E-state index in [9.17, 15) is 30.3 Å². The Kier molecular flexibility index (Phi) is 6.04. The molecular formula is C22H22O10. The van der Waals surface area contributed by atoms with Crippen molar-refractivity contribution in [2.45, 2.75) is 30.7 Å². The van der Waals surface area contributed by atoms with Gasteiger partial charge in [0, 0.05) is 17.7 Å². The quantitative estimate of drug-likeness (QED) is 0.370. The average molecular weight is 446 g/mol. The average Bonchev–Trinajstić information content (AvgIpc) is 2.79. The number of aliphatic hydroxyl groups excluding tert-OH is 4. The van der Waals surface area contributed by atoms with E-state index < -0.39 is 48.5 Å². The summed E-state index contributed by atoms with van der Waals surface area (Å²) in [7, 11) is 1.29. The number of aromatic hydroxyl groups is 1. The number of hydrogen-bond donors (Lipinski definition) is 5. The summed E-state index contributed by atoms with van der Waals surface area (Å²) < 4.78 is 22.2. The number of phenolic OH excluding ortho intramolecular Hbond substituents is 1. The number of aliphatic hydroxyl groups is 4. The number of fused-ring (bicyclic) bond motifs is 1. The molecule has 0 bridgehead atoms. The molecule has 0 radical (unpaired) electrons. The van der Waals surface area contributed by atoms with Crippen LogP contribution in [0.4, 0.5) is 0 Å². The molecule has 0 aliphatic carbocycles. The van der Waals surface area contributed by atoms with Gasteiger partial charge in [0.1, 0.15) is 41.3 Å². The molecule has 2 heterocycles. The van der Waals surface area contributed by atoms with Crippen molar-refractivity contribution < 1.29 is 44.2 Å². The summed E-state index contributed by atoms with van der Waals surface area (Å²) in [5.41, 5.74) is 0.00651. The van der Waals surface area contributed by atoms with Gasteiger partial charge < -0.3 is 44.2 Å². The van der Waals surface area contributed by atoms with E-state index in [-0.39, 0.29) is 28.2 Å². The van der Waals surface area contributed by atoms with Crippen molar-refractivity contribution in [2.75, 3.05) is 13.7 Å². The second-order valence-electron chi connectivity index (χ2n) is 7.29. The summed E-state index contributed by atoms with van der Waals surface area (Å²) in [5, 5.41) is 49.9. The number of methoxy groups -OCH3 is 1. The van der Waals surface area contributed by atoms with Crippen LogP contribution in [-0.4, -0.2) is 70.0 Å². The predicted molar refractivity (Wildman–Crippen MR) is 111 cm³/mol. The molecule has 3 aromatic rings. The molecule has 0 spiro atoms. The predicted octanol–water partition coefficient (Wildman–Crippen LogP) is 0.353. The molecule has 0 amide bonds. The smallest absolute Gasteiger partial charge is 0.229 e. The second kappa shape index (κ2) is 8.77. The summed E-state index contributed by atoms with van der Waals surface area (Å²) in [5.74, 6) is -0.459. The van der Waals surface area contributed by atoms with Gasteiger partial charge in [-0.25, -0.2) is 0 Å². The zero-order chi connectivity index (χ0) is 23.0. The highest BCUT2D eigenvalue weighted by Crippen LogP contribution is 2.42. The first-order chi connectivity index (χ1) is 15.3. The van der Waals surface area contributed by atoms with E-state index >= 15 is 0 Å². The standard InChI is InChI=1S/C22H22O10/c1-29-20-14(31-22-19(28)18(27)17(26)15(9-23)32-22)8-12(25)16-11(24)7-13(30-21(16)20)10-5-3-2-4-6-10/h2-8,15,17-19,22-23,25-28H,9H2,1H3/t15?,17-,18+,19?,22-/m1/s1. The number of phenols is 1. The maximum atomic E-state index is 12.7. The fraction of sp³-hybridized carbons (Fsp3) is 0.318. The lowest BCUT2D eigenvalue weighted by Crippen LogP contribution is -2.60. The zero-order valence-electron chi connectivity index (χ0n) is 16.9. The molecule has 10 nitrogen and oxygen atoms in total. The topological polar surface area (TPSA) is 159 Å². The Morgan fingerprint density at radius 1 is 1.03 bits per heavy atom. The molecule has 10 heteroatoms. The van der Waals surface area contributed by atoms with Gasteiger partial charge in [-0.15, -0.1) is 0 Å². The van der Waals surface area contributed by atoms with E-state index in [0.717, 1.165) is 6.07 Å². The minimum Gasteiger partial charge on any atom is -0.507 e. The van der Waals surface area contributed by atoms with Gasteiger partial charge in [-0.1, -0.05) is 30.3 Å². The lowest BCUT2D eigenvalue weighted by Gasteiger charge is -2.39. The molecule has 1 fully saturated rings. The lowest BCUT2D eigenvalue weighted by atomic mass is 9.99. The van der Waals surface area contributed by atoms with Crippen LogP contribution in [-0.2, 0) is 4.74 Å². The summed E-state index contributed by atoms with van der Waals surface area (Å²) in [6.07, 6.45) is -7.62. The van der Waals surface area contributed by atoms with E-state index in [1.807, 2.05) is 6.07 Å². The lowest BCUT2D eigenvalue weighted by molar-refractivity contribution is -0.277. The van der Waals surface area contributed by atoms with Gasteiger partial charge in [-0.3, -0.25) is 4.79 Å². The fourth-order valence-electron chi connectivity index (χ4n) is 3.59. The van der Waals surface area contributed by atoms with Gasteiger partial charge in [0.05, 0.1) is 13.7 Å². The van der Waals surface area contributed by atoms with Crippen molar-refractivity contribution >= 4 is 11.0 Å². The van der Waals surface area contributed by atoms with Crippen LogP contribution in [0.15, 0.2) is 51.7 Å². The van der Waals surface area contributed by atoms with Gasteiger partial charge in [-0.2, -0.15) is 0 Å². The van der Waals surface area contributed by atoms with Crippen LogP contribution in [0.5, 0.6) is 17.2 Å². The van der Waals surface area contributed by atoms with E-state index in [4.69, 9.17) is 18.6 Å². The molecule has 1 aromatic heterocycles. The molecule has 4 rings (SSSR count). The van der Waals surface area contributed by atoms with Crippen LogP contribution in [0, 0.1) is 0 Å². The third-order valence-electron chi connectivity index (χ3n) is 5.26. The number of hydrogen-bond acceptors (Lipinski definition) is 10. The first-order valence-electron chi connectivity index (χ1n) is 9.76. The van der Waals surface area contributed by atoms with Crippen LogP contribution < -0.4 is 14.9 Å². The van der Waals surface area contributed by atoms with E-state index in [1.165, 1.54) is 13.2 Å². The molecule has 1 saturated heterocycles. The van der Waals surface area contributed by atoms with E-state index in [0.29, 0.717) is 5.56 Å². The maximum Gasteiger partial charge on any atom is 0.229 e. The molecule has 5 atom stereocenters. The van der Waals surface area contributed by atoms with E-state index in [1.54, 1.807) is 24.3 Å². The highest BCUT2D eigenvalue weighted by atomic mass is 16.7. The van der Waals surface area contributed by atoms with Gasteiger partial charge in [-0.05, 0) is 0 Å². The highest BCUT2D eigenvalue weighted by molar-refractivity contribution is 5.91. The normalized spacial score (nSPS) is 25.6. The van der Waals surface area contributed by atoms with Crippen molar-refractivity contribution in [3.8, 4) is 28.6 Å². The van der Waals surface area contributed by atoms with Crippen LogP contribution in [0.3, 0.4) is 0 Å². The molecule has 32 heavy (non-hydrogen) atoms. The van der Waals surface area contributed by atoms with E-state index in [2.05, 4.69) is 0 Å². The summed E-state index contributed by atoms with van der Waals surface area (Å²) in [6.45, 7) is -0.639. The third kappa shape index (κ3) is 3.78. The maximum absolute atomic E-state index is 12.7. The van der Waals surface area contributed by atoms with Gasteiger partial charge in [0.2, 0.25) is 12.0 Å².